The minimum Gasteiger partial charge on any atom is -0.327 e. The fourth-order valence-corrected chi connectivity index (χ4v) is 2.77. The van der Waals surface area contributed by atoms with Gasteiger partial charge in [0.2, 0.25) is 0 Å². The van der Waals surface area contributed by atoms with Gasteiger partial charge < -0.3 is 5.73 Å². The number of hydrogen-bond donors (Lipinski definition) is 1. The molecule has 2 rings (SSSR count). The van der Waals surface area contributed by atoms with Gasteiger partial charge in [0.1, 0.15) is 0 Å². The zero-order valence-electron chi connectivity index (χ0n) is 9.58. The Morgan fingerprint density at radius 3 is 3.00 bits per heavy atom. The number of hydrogen-bond acceptors (Lipinski definition) is 1. The molecule has 0 spiro atoms. The zero-order valence-corrected chi connectivity index (χ0v) is 9.58. The minimum absolute atomic E-state index is 0.358. The monoisotopic (exact) mass is 203 g/mol. The highest BCUT2D eigenvalue weighted by atomic mass is 14.6. The minimum atomic E-state index is 0.358. The fraction of sp³-hybridized carbons (Fsp3) is 0.571. The van der Waals surface area contributed by atoms with Crippen molar-refractivity contribution in [1.82, 2.24) is 0 Å². The molecule has 0 aliphatic heterocycles. The van der Waals surface area contributed by atoms with E-state index >= 15 is 0 Å². The molecule has 1 aromatic carbocycles. The van der Waals surface area contributed by atoms with Crippen LogP contribution in [0, 0.1) is 0 Å². The molecule has 1 aliphatic carbocycles. The number of aryl methyl sites for hydroxylation is 1. The van der Waals surface area contributed by atoms with Crippen molar-refractivity contribution in [2.45, 2.75) is 51.0 Å². The highest BCUT2D eigenvalue weighted by molar-refractivity contribution is 5.33. The van der Waals surface area contributed by atoms with Crippen molar-refractivity contribution in [3.05, 3.63) is 35.4 Å². The van der Waals surface area contributed by atoms with E-state index in [0.717, 1.165) is 6.42 Å². The summed E-state index contributed by atoms with van der Waals surface area (Å²) in [6.07, 6.45) is 6.17. The summed E-state index contributed by atoms with van der Waals surface area (Å²) in [5, 5.41) is 0. The number of rotatable bonds is 3. The van der Waals surface area contributed by atoms with Gasteiger partial charge in [0.25, 0.3) is 0 Å². The Morgan fingerprint density at radius 2 is 2.20 bits per heavy atom. The molecule has 1 unspecified atom stereocenters. The Balaban J connectivity index is 2.21. The summed E-state index contributed by atoms with van der Waals surface area (Å²) in [4.78, 5) is 0. The predicted octanol–water partition coefficient (Wildman–Crippen LogP) is 3.23. The molecule has 0 heterocycles. The van der Waals surface area contributed by atoms with Gasteiger partial charge in [-0.25, -0.2) is 0 Å². The maximum absolute atomic E-state index is 6.27. The van der Waals surface area contributed by atoms with E-state index in [9.17, 15) is 0 Å². The van der Waals surface area contributed by atoms with Crippen LogP contribution in [0.1, 0.15) is 49.7 Å². The normalized spacial score (nSPS) is 22.1. The first kappa shape index (κ1) is 10.7. The lowest BCUT2D eigenvalue weighted by Gasteiger charge is -2.30. The molecule has 15 heavy (non-hydrogen) atoms. The van der Waals surface area contributed by atoms with Gasteiger partial charge in [-0.05, 0) is 42.7 Å². The van der Waals surface area contributed by atoms with Crippen LogP contribution in [0.3, 0.4) is 0 Å². The summed E-state index contributed by atoms with van der Waals surface area (Å²) in [6.45, 7) is 2.22. The molecule has 0 fully saturated rings. The summed E-state index contributed by atoms with van der Waals surface area (Å²) in [5.74, 6) is 0.606. The lowest BCUT2D eigenvalue weighted by molar-refractivity contribution is 0.439. The second-order valence-electron chi connectivity index (χ2n) is 4.65. The Morgan fingerprint density at radius 1 is 1.40 bits per heavy atom. The molecule has 2 atom stereocenters. The van der Waals surface area contributed by atoms with Gasteiger partial charge in [-0.15, -0.1) is 0 Å². The topological polar surface area (TPSA) is 26.0 Å². The second kappa shape index (κ2) is 4.80. The van der Waals surface area contributed by atoms with Crippen molar-refractivity contribution in [1.29, 1.82) is 0 Å². The second-order valence-corrected chi connectivity index (χ2v) is 4.65. The smallest absolute Gasteiger partial charge is 0.0108 e. The molecular formula is C14H21N. The van der Waals surface area contributed by atoms with E-state index in [2.05, 4.69) is 31.2 Å². The molecule has 0 radical (unpaired) electrons. The number of nitrogens with two attached hydrogens (primary N) is 1. The third-order valence-corrected chi connectivity index (χ3v) is 3.55. The Bertz CT molecular complexity index is 319. The van der Waals surface area contributed by atoms with Gasteiger partial charge >= 0.3 is 0 Å². The van der Waals surface area contributed by atoms with E-state index in [1.54, 1.807) is 0 Å². The van der Waals surface area contributed by atoms with E-state index in [1.807, 2.05) is 0 Å². The zero-order chi connectivity index (χ0) is 10.7. The average Bonchev–Trinajstić information content (AvgIpc) is 2.28. The fourth-order valence-electron chi connectivity index (χ4n) is 2.77. The standard InChI is InChI=1S/C14H21N/c1-2-6-14(15)13-10-5-8-11-7-3-4-9-12(11)13/h3-4,7,9,13-14H,2,5-6,8,10,15H2,1H3/t13?,14-/m0/s1. The SMILES string of the molecule is CCC[C@H](N)C1CCCc2ccccc21. The number of benzene rings is 1. The van der Waals surface area contributed by atoms with Gasteiger partial charge in [0, 0.05) is 6.04 Å². The first-order valence-corrected chi connectivity index (χ1v) is 6.16. The van der Waals surface area contributed by atoms with Crippen LogP contribution >= 0.6 is 0 Å². The maximum Gasteiger partial charge on any atom is 0.0108 e. The summed E-state index contributed by atoms with van der Waals surface area (Å²) in [7, 11) is 0. The summed E-state index contributed by atoms with van der Waals surface area (Å²) < 4.78 is 0. The van der Waals surface area contributed by atoms with E-state index < -0.39 is 0 Å². The van der Waals surface area contributed by atoms with Gasteiger partial charge in [-0.3, -0.25) is 0 Å². The molecule has 0 bridgehead atoms. The molecule has 82 valence electrons. The summed E-state index contributed by atoms with van der Waals surface area (Å²) in [6, 6.07) is 9.19. The largest absolute Gasteiger partial charge is 0.327 e. The van der Waals surface area contributed by atoms with E-state index in [1.165, 1.54) is 36.8 Å². The molecule has 0 saturated carbocycles. The van der Waals surface area contributed by atoms with Crippen LogP contribution in [0.5, 0.6) is 0 Å². The van der Waals surface area contributed by atoms with Crippen LogP contribution in [0.15, 0.2) is 24.3 Å². The molecule has 0 aromatic heterocycles. The predicted molar refractivity (Wildman–Crippen MR) is 65.0 cm³/mol. The summed E-state index contributed by atoms with van der Waals surface area (Å²) >= 11 is 0. The average molecular weight is 203 g/mol. The van der Waals surface area contributed by atoms with E-state index in [4.69, 9.17) is 5.73 Å². The van der Waals surface area contributed by atoms with Gasteiger partial charge in [-0.1, -0.05) is 37.6 Å². The van der Waals surface area contributed by atoms with E-state index in [-0.39, 0.29) is 0 Å². The van der Waals surface area contributed by atoms with Crippen LogP contribution < -0.4 is 5.73 Å². The highest BCUT2D eigenvalue weighted by Crippen LogP contribution is 2.34. The van der Waals surface area contributed by atoms with Crippen molar-refractivity contribution in [2.75, 3.05) is 0 Å². The third kappa shape index (κ3) is 2.23. The third-order valence-electron chi connectivity index (χ3n) is 3.55. The van der Waals surface area contributed by atoms with Crippen LogP contribution in [-0.4, -0.2) is 6.04 Å². The molecular weight excluding hydrogens is 182 g/mol. The van der Waals surface area contributed by atoms with Gasteiger partial charge in [0.05, 0.1) is 0 Å². The van der Waals surface area contributed by atoms with Crippen LogP contribution in [0.4, 0.5) is 0 Å². The molecule has 2 N–H and O–H groups in total. The van der Waals surface area contributed by atoms with Crippen molar-refractivity contribution in [2.24, 2.45) is 5.73 Å². The van der Waals surface area contributed by atoms with E-state index in [0.29, 0.717) is 12.0 Å². The van der Waals surface area contributed by atoms with Crippen LogP contribution in [0.2, 0.25) is 0 Å². The molecule has 1 nitrogen and oxygen atoms in total. The molecule has 0 amide bonds. The van der Waals surface area contributed by atoms with Gasteiger partial charge in [0.15, 0.2) is 0 Å². The van der Waals surface area contributed by atoms with Crippen molar-refractivity contribution in [3.8, 4) is 0 Å². The first-order valence-electron chi connectivity index (χ1n) is 6.16. The Labute approximate surface area is 92.7 Å². The van der Waals surface area contributed by atoms with Crippen LogP contribution in [0.25, 0.3) is 0 Å². The molecule has 1 aromatic rings. The molecule has 1 heteroatoms. The first-order chi connectivity index (χ1) is 7.33. The Hall–Kier alpha value is -0.820. The lowest BCUT2D eigenvalue weighted by atomic mass is 9.78. The maximum atomic E-state index is 6.27. The molecule has 1 aliphatic rings. The van der Waals surface area contributed by atoms with Crippen molar-refractivity contribution >= 4 is 0 Å². The quantitative estimate of drug-likeness (QED) is 0.802. The molecule has 0 saturated heterocycles. The lowest BCUT2D eigenvalue weighted by Crippen LogP contribution is -2.30. The van der Waals surface area contributed by atoms with Gasteiger partial charge in [-0.2, -0.15) is 0 Å². The van der Waals surface area contributed by atoms with Crippen LogP contribution in [-0.2, 0) is 6.42 Å². The highest BCUT2D eigenvalue weighted by Gasteiger charge is 2.24. The summed E-state index contributed by atoms with van der Waals surface area (Å²) in [5.41, 5.74) is 9.32. The van der Waals surface area contributed by atoms with Crippen molar-refractivity contribution in [3.63, 3.8) is 0 Å². The van der Waals surface area contributed by atoms with Crippen molar-refractivity contribution < 1.29 is 0 Å². The Kier molecular flexibility index (Phi) is 3.42. The number of fused-ring (bicyclic) bond motifs is 1.